The number of carbonyl (C=O) groups excluding carboxylic acids is 1. The monoisotopic (exact) mass is 325 g/mol. The highest BCUT2D eigenvalue weighted by atomic mass is 16.1. The zero-order valence-corrected chi connectivity index (χ0v) is 15.1. The number of hydrogen-bond acceptors (Lipinski definition) is 3. The molecule has 1 aromatic carbocycles. The summed E-state index contributed by atoms with van der Waals surface area (Å²) in [6.45, 7) is 10.3. The summed E-state index contributed by atoms with van der Waals surface area (Å²) in [6, 6.07) is 9.80. The van der Waals surface area contributed by atoms with E-state index in [1.165, 1.54) is 0 Å². The number of nitrogens with zero attached hydrogens (tertiary/aromatic N) is 2. The lowest BCUT2D eigenvalue weighted by molar-refractivity contribution is 0.102. The van der Waals surface area contributed by atoms with Crippen molar-refractivity contribution < 1.29 is 4.79 Å². The molecule has 4 nitrogen and oxygen atoms in total. The lowest BCUT2D eigenvalue weighted by Crippen LogP contribution is -2.26. The van der Waals surface area contributed by atoms with Gasteiger partial charge < -0.3 is 10.2 Å². The second-order valence-electron chi connectivity index (χ2n) is 6.22. The molecule has 0 spiro atoms. The van der Waals surface area contributed by atoms with E-state index in [9.17, 15) is 4.79 Å². The predicted molar refractivity (Wildman–Crippen MR) is 101 cm³/mol. The van der Waals surface area contributed by atoms with Gasteiger partial charge >= 0.3 is 0 Å². The fourth-order valence-corrected chi connectivity index (χ4v) is 2.84. The molecule has 1 aromatic heterocycles. The molecular formula is C20H27N3O. The third-order valence-electron chi connectivity index (χ3n) is 3.80. The van der Waals surface area contributed by atoms with Crippen LogP contribution >= 0.6 is 0 Å². The van der Waals surface area contributed by atoms with Gasteiger partial charge in [-0.15, -0.1) is 0 Å². The molecule has 0 unspecified atom stereocenters. The van der Waals surface area contributed by atoms with E-state index in [4.69, 9.17) is 0 Å². The Hall–Kier alpha value is -2.36. The number of aromatic nitrogens is 1. The van der Waals surface area contributed by atoms with Gasteiger partial charge in [-0.3, -0.25) is 4.79 Å². The maximum atomic E-state index is 12.4. The molecule has 1 heterocycles. The van der Waals surface area contributed by atoms with Gasteiger partial charge in [-0.1, -0.05) is 19.9 Å². The molecule has 0 aliphatic carbocycles. The number of aryl methyl sites for hydroxylation is 2. The van der Waals surface area contributed by atoms with Crippen LogP contribution in [0.1, 0.15) is 48.2 Å². The van der Waals surface area contributed by atoms with E-state index in [1.807, 2.05) is 38.1 Å². The molecule has 0 radical (unpaired) electrons. The van der Waals surface area contributed by atoms with Crippen molar-refractivity contribution in [3.05, 3.63) is 53.2 Å². The molecule has 0 saturated carbocycles. The van der Waals surface area contributed by atoms with E-state index in [1.54, 1.807) is 6.20 Å². The van der Waals surface area contributed by atoms with Crippen molar-refractivity contribution in [2.45, 2.75) is 40.5 Å². The Bertz CT molecular complexity index is 654. The predicted octanol–water partition coefficient (Wildman–Crippen LogP) is 4.58. The molecular weight excluding hydrogens is 298 g/mol. The SMILES string of the molecule is CCCN(CCC)c1ccc(C(=O)Nc2cc(C)cc(C)c2)cn1. The Labute approximate surface area is 144 Å². The summed E-state index contributed by atoms with van der Waals surface area (Å²) < 4.78 is 0. The number of carbonyl (C=O) groups is 1. The molecule has 128 valence electrons. The first-order valence-corrected chi connectivity index (χ1v) is 8.64. The molecule has 0 bridgehead atoms. The Balaban J connectivity index is 2.10. The van der Waals surface area contributed by atoms with E-state index in [0.717, 1.165) is 48.6 Å². The Morgan fingerprint density at radius 2 is 1.67 bits per heavy atom. The lowest BCUT2D eigenvalue weighted by Gasteiger charge is -2.22. The van der Waals surface area contributed by atoms with E-state index in [0.29, 0.717) is 5.56 Å². The van der Waals surface area contributed by atoms with Crippen LogP contribution in [0.4, 0.5) is 11.5 Å². The van der Waals surface area contributed by atoms with Crippen molar-refractivity contribution in [3.8, 4) is 0 Å². The number of amides is 1. The first kappa shape index (κ1) is 18.0. The van der Waals surface area contributed by atoms with Gasteiger partial charge in [0, 0.05) is 25.0 Å². The molecule has 0 aliphatic rings. The van der Waals surface area contributed by atoms with Gasteiger partial charge in [0.1, 0.15) is 5.82 Å². The minimum Gasteiger partial charge on any atom is -0.357 e. The van der Waals surface area contributed by atoms with Gasteiger partial charge in [0.15, 0.2) is 0 Å². The largest absolute Gasteiger partial charge is 0.357 e. The number of anilines is 2. The molecule has 2 rings (SSSR count). The third-order valence-corrected chi connectivity index (χ3v) is 3.80. The highest BCUT2D eigenvalue weighted by molar-refractivity contribution is 6.04. The van der Waals surface area contributed by atoms with Crippen LogP contribution in [0.2, 0.25) is 0 Å². The molecule has 1 N–H and O–H groups in total. The van der Waals surface area contributed by atoms with Gasteiger partial charge in [0.2, 0.25) is 0 Å². The third kappa shape index (κ3) is 4.82. The molecule has 4 heteroatoms. The van der Waals surface area contributed by atoms with Crippen LogP contribution in [0.3, 0.4) is 0 Å². The number of pyridine rings is 1. The molecule has 0 fully saturated rings. The molecule has 2 aromatic rings. The lowest BCUT2D eigenvalue weighted by atomic mass is 10.1. The average Bonchev–Trinajstić information content (AvgIpc) is 2.54. The summed E-state index contributed by atoms with van der Waals surface area (Å²) in [4.78, 5) is 19.1. The quantitative estimate of drug-likeness (QED) is 0.810. The normalized spacial score (nSPS) is 10.5. The van der Waals surface area contributed by atoms with E-state index >= 15 is 0 Å². The Morgan fingerprint density at radius 1 is 1.04 bits per heavy atom. The van der Waals surface area contributed by atoms with Crippen LogP contribution in [0.5, 0.6) is 0 Å². The van der Waals surface area contributed by atoms with Crippen molar-refractivity contribution in [1.82, 2.24) is 4.98 Å². The van der Waals surface area contributed by atoms with Crippen molar-refractivity contribution >= 4 is 17.4 Å². The second kappa shape index (κ2) is 8.48. The Kier molecular flexibility index (Phi) is 6.36. The Morgan fingerprint density at radius 3 is 2.17 bits per heavy atom. The molecule has 0 atom stereocenters. The number of nitrogens with one attached hydrogen (secondary N) is 1. The number of hydrogen-bond donors (Lipinski definition) is 1. The first-order valence-electron chi connectivity index (χ1n) is 8.64. The summed E-state index contributed by atoms with van der Waals surface area (Å²) in [5, 5.41) is 2.95. The van der Waals surface area contributed by atoms with Crippen LogP contribution in [0.25, 0.3) is 0 Å². The van der Waals surface area contributed by atoms with Crippen molar-refractivity contribution in [1.29, 1.82) is 0 Å². The smallest absolute Gasteiger partial charge is 0.257 e. The molecule has 1 amide bonds. The number of rotatable bonds is 7. The topological polar surface area (TPSA) is 45.2 Å². The standard InChI is InChI=1S/C20H27N3O/c1-5-9-23(10-6-2)19-8-7-17(14-21-19)20(24)22-18-12-15(3)11-16(4)13-18/h7-8,11-14H,5-6,9-10H2,1-4H3,(H,22,24). The minimum absolute atomic E-state index is 0.128. The fraction of sp³-hybridized carbons (Fsp3) is 0.400. The van der Waals surface area contributed by atoms with E-state index in [-0.39, 0.29) is 5.91 Å². The second-order valence-corrected chi connectivity index (χ2v) is 6.22. The summed E-state index contributed by atoms with van der Waals surface area (Å²) in [5.74, 6) is 0.804. The van der Waals surface area contributed by atoms with Gasteiger partial charge in [-0.2, -0.15) is 0 Å². The number of benzene rings is 1. The zero-order chi connectivity index (χ0) is 17.5. The van der Waals surface area contributed by atoms with Crippen LogP contribution in [0, 0.1) is 13.8 Å². The summed E-state index contributed by atoms with van der Waals surface area (Å²) in [5.41, 5.74) is 3.66. The summed E-state index contributed by atoms with van der Waals surface area (Å²) in [7, 11) is 0. The van der Waals surface area contributed by atoms with Gasteiger partial charge in [-0.25, -0.2) is 4.98 Å². The highest BCUT2D eigenvalue weighted by Crippen LogP contribution is 2.16. The van der Waals surface area contributed by atoms with Gasteiger partial charge in [0.25, 0.3) is 5.91 Å². The molecule has 0 saturated heterocycles. The summed E-state index contributed by atoms with van der Waals surface area (Å²) in [6.07, 6.45) is 3.82. The first-order chi connectivity index (χ1) is 11.5. The van der Waals surface area contributed by atoms with Crippen LogP contribution in [-0.4, -0.2) is 24.0 Å². The van der Waals surface area contributed by atoms with Crippen molar-refractivity contribution in [3.63, 3.8) is 0 Å². The average molecular weight is 325 g/mol. The van der Waals surface area contributed by atoms with E-state index in [2.05, 4.69) is 35.1 Å². The minimum atomic E-state index is -0.128. The maximum Gasteiger partial charge on any atom is 0.257 e. The van der Waals surface area contributed by atoms with Gasteiger partial charge in [-0.05, 0) is 62.1 Å². The molecule has 24 heavy (non-hydrogen) atoms. The maximum absolute atomic E-state index is 12.4. The van der Waals surface area contributed by atoms with Crippen molar-refractivity contribution in [2.75, 3.05) is 23.3 Å². The summed E-state index contributed by atoms with van der Waals surface area (Å²) >= 11 is 0. The van der Waals surface area contributed by atoms with E-state index < -0.39 is 0 Å². The van der Waals surface area contributed by atoms with Crippen LogP contribution < -0.4 is 10.2 Å². The fourth-order valence-electron chi connectivity index (χ4n) is 2.84. The van der Waals surface area contributed by atoms with Gasteiger partial charge in [0.05, 0.1) is 5.56 Å². The van der Waals surface area contributed by atoms with Crippen molar-refractivity contribution in [2.24, 2.45) is 0 Å². The van der Waals surface area contributed by atoms with Crippen LogP contribution in [-0.2, 0) is 0 Å². The zero-order valence-electron chi connectivity index (χ0n) is 15.1. The highest BCUT2D eigenvalue weighted by Gasteiger charge is 2.10. The molecule has 0 aliphatic heterocycles. The van der Waals surface area contributed by atoms with Crippen LogP contribution in [0.15, 0.2) is 36.5 Å².